The van der Waals surface area contributed by atoms with Gasteiger partial charge in [0.2, 0.25) is 11.8 Å². The predicted octanol–water partition coefficient (Wildman–Crippen LogP) is 3.31. The highest BCUT2D eigenvalue weighted by Crippen LogP contribution is 2.26. The Morgan fingerprint density at radius 3 is 2.71 bits per heavy atom. The maximum absolute atomic E-state index is 11.5. The lowest BCUT2D eigenvalue weighted by Gasteiger charge is -2.29. The van der Waals surface area contributed by atoms with E-state index in [1.54, 1.807) is 30.6 Å². The quantitative estimate of drug-likeness (QED) is 0.633. The van der Waals surface area contributed by atoms with Crippen LogP contribution in [0, 0.1) is 11.3 Å². The van der Waals surface area contributed by atoms with Crippen molar-refractivity contribution in [3.8, 4) is 23.2 Å². The predicted molar refractivity (Wildman–Crippen MR) is 115 cm³/mol. The molecule has 0 spiro atoms. The fourth-order valence-electron chi connectivity index (χ4n) is 3.67. The molecule has 2 aromatic heterocycles. The molecule has 2 heterocycles. The first-order valence-corrected chi connectivity index (χ1v) is 10.1. The lowest BCUT2D eigenvalue weighted by molar-refractivity contribution is 0.0983. The number of anilines is 1. The highest BCUT2D eigenvalue weighted by atomic mass is 16.5. The van der Waals surface area contributed by atoms with Crippen molar-refractivity contribution in [2.24, 2.45) is 5.73 Å². The zero-order valence-corrected chi connectivity index (χ0v) is 16.9. The van der Waals surface area contributed by atoms with E-state index in [4.69, 9.17) is 15.7 Å². The Hall–Kier alpha value is -3.99. The minimum absolute atomic E-state index is 0.0213. The number of nitrogens with zero attached hydrogens (tertiary/aromatic N) is 4. The summed E-state index contributed by atoms with van der Waals surface area (Å²) in [5.41, 5.74) is 7.93. The van der Waals surface area contributed by atoms with Gasteiger partial charge in [0.15, 0.2) is 0 Å². The van der Waals surface area contributed by atoms with Gasteiger partial charge < -0.3 is 15.8 Å². The van der Waals surface area contributed by atoms with Gasteiger partial charge in [0, 0.05) is 24.0 Å². The molecule has 0 radical (unpaired) electrons. The topological polar surface area (TPSA) is 127 Å². The molecule has 8 nitrogen and oxygen atoms in total. The lowest BCUT2D eigenvalue weighted by Crippen LogP contribution is -2.32. The van der Waals surface area contributed by atoms with Gasteiger partial charge in [-0.25, -0.2) is 15.0 Å². The largest absolute Gasteiger partial charge is 0.474 e. The third-order valence-corrected chi connectivity index (χ3v) is 5.27. The molecule has 0 aliphatic heterocycles. The smallest absolute Gasteiger partial charge is 0.254 e. The second-order valence-corrected chi connectivity index (χ2v) is 7.41. The van der Waals surface area contributed by atoms with Gasteiger partial charge in [-0.15, -0.1) is 0 Å². The summed E-state index contributed by atoms with van der Waals surface area (Å²) in [6.07, 6.45) is 6.66. The van der Waals surface area contributed by atoms with Crippen molar-refractivity contribution in [2.45, 2.75) is 37.8 Å². The molecule has 1 aliphatic rings. The Bertz CT molecular complexity index is 1120. The molecule has 3 N–H and O–H groups in total. The van der Waals surface area contributed by atoms with Crippen molar-refractivity contribution in [1.29, 1.82) is 5.26 Å². The number of rotatable bonds is 6. The number of benzene rings is 1. The van der Waals surface area contributed by atoms with E-state index >= 15 is 0 Å². The molecule has 8 heteroatoms. The summed E-state index contributed by atoms with van der Waals surface area (Å²) >= 11 is 0. The fourth-order valence-corrected chi connectivity index (χ4v) is 3.67. The number of primary amides is 1. The molecule has 0 unspecified atom stereocenters. The number of carbonyl (C=O) groups is 1. The van der Waals surface area contributed by atoms with Crippen LogP contribution in [0.15, 0.2) is 54.9 Å². The van der Waals surface area contributed by atoms with Crippen LogP contribution in [0.3, 0.4) is 0 Å². The maximum Gasteiger partial charge on any atom is 0.254 e. The normalized spacial score (nSPS) is 18.0. The number of aromatic nitrogens is 3. The van der Waals surface area contributed by atoms with E-state index in [2.05, 4.69) is 26.3 Å². The molecule has 1 fully saturated rings. The Kier molecular flexibility index (Phi) is 6.03. The summed E-state index contributed by atoms with van der Waals surface area (Å²) in [7, 11) is 0. The number of hydrogen-bond acceptors (Lipinski definition) is 7. The molecule has 3 aromatic rings. The SMILES string of the molecule is N#Cc1cccc(-c2ccnc(N[C@H]3CC[C@H](Oc4ncccc4C(N)=O)CC3)n2)c1. The molecular formula is C23H22N6O2. The van der Waals surface area contributed by atoms with Crippen molar-refractivity contribution < 1.29 is 9.53 Å². The summed E-state index contributed by atoms with van der Waals surface area (Å²) < 4.78 is 5.95. The number of hydrogen-bond donors (Lipinski definition) is 2. The van der Waals surface area contributed by atoms with E-state index in [-0.39, 0.29) is 12.1 Å². The van der Waals surface area contributed by atoms with E-state index in [1.807, 2.05) is 24.3 Å². The first-order valence-electron chi connectivity index (χ1n) is 10.1. The zero-order chi connectivity index (χ0) is 21.6. The molecule has 31 heavy (non-hydrogen) atoms. The third kappa shape index (κ3) is 4.95. The summed E-state index contributed by atoms with van der Waals surface area (Å²) in [5.74, 6) is 0.308. The highest BCUT2D eigenvalue weighted by molar-refractivity contribution is 5.94. The van der Waals surface area contributed by atoms with Gasteiger partial charge in [-0.3, -0.25) is 4.79 Å². The van der Waals surface area contributed by atoms with Crippen molar-refractivity contribution in [3.63, 3.8) is 0 Å². The van der Waals surface area contributed by atoms with Crippen molar-refractivity contribution in [3.05, 3.63) is 66.0 Å². The summed E-state index contributed by atoms with van der Waals surface area (Å²) in [6, 6.07) is 14.8. The zero-order valence-electron chi connectivity index (χ0n) is 16.9. The first-order chi connectivity index (χ1) is 15.1. The van der Waals surface area contributed by atoms with Crippen LogP contribution in [0.5, 0.6) is 5.88 Å². The monoisotopic (exact) mass is 414 g/mol. The van der Waals surface area contributed by atoms with E-state index in [0.717, 1.165) is 36.9 Å². The van der Waals surface area contributed by atoms with Crippen LogP contribution in [0.25, 0.3) is 11.3 Å². The summed E-state index contributed by atoms with van der Waals surface area (Å²) in [6.45, 7) is 0. The molecule has 1 saturated carbocycles. The molecule has 4 rings (SSSR count). The van der Waals surface area contributed by atoms with Gasteiger partial charge in [-0.1, -0.05) is 12.1 Å². The number of nitrogens with two attached hydrogens (primary N) is 1. The van der Waals surface area contributed by atoms with Crippen LogP contribution in [-0.2, 0) is 0 Å². The van der Waals surface area contributed by atoms with Gasteiger partial charge in [-0.2, -0.15) is 5.26 Å². The number of pyridine rings is 1. The van der Waals surface area contributed by atoms with Gasteiger partial charge in [0.05, 0.1) is 17.3 Å². The first kappa shape index (κ1) is 20.3. The van der Waals surface area contributed by atoms with Gasteiger partial charge >= 0.3 is 0 Å². The van der Waals surface area contributed by atoms with Gasteiger partial charge in [-0.05, 0) is 56.0 Å². The van der Waals surface area contributed by atoms with E-state index in [9.17, 15) is 4.79 Å². The number of amides is 1. The Labute approximate surface area is 180 Å². The molecule has 1 amide bonds. The number of nitriles is 1. The standard InChI is InChI=1S/C23H22N6O2/c24-14-15-3-1-4-16(13-15)20-10-12-27-23(29-20)28-17-6-8-18(9-7-17)31-22-19(21(25)30)5-2-11-26-22/h1-5,10-13,17-18H,6-9H2,(H2,25,30)(H,27,28,29)/t17-,18-. The molecule has 156 valence electrons. The Morgan fingerprint density at radius 1 is 1.10 bits per heavy atom. The average Bonchev–Trinajstić information content (AvgIpc) is 2.81. The van der Waals surface area contributed by atoms with Gasteiger partial charge in [0.25, 0.3) is 5.91 Å². The van der Waals surface area contributed by atoms with Crippen LogP contribution < -0.4 is 15.8 Å². The van der Waals surface area contributed by atoms with Crippen molar-refractivity contribution in [1.82, 2.24) is 15.0 Å². The number of nitrogens with one attached hydrogen (secondary N) is 1. The minimum Gasteiger partial charge on any atom is -0.474 e. The second kappa shape index (κ2) is 9.22. The Balaban J connectivity index is 1.36. The number of ether oxygens (including phenoxy) is 1. The van der Waals surface area contributed by atoms with Crippen molar-refractivity contribution in [2.75, 3.05) is 5.32 Å². The van der Waals surface area contributed by atoms with Crippen molar-refractivity contribution >= 4 is 11.9 Å². The van der Waals surface area contributed by atoms with Gasteiger partial charge in [0.1, 0.15) is 11.7 Å². The average molecular weight is 414 g/mol. The fraction of sp³-hybridized carbons (Fsp3) is 0.261. The van der Waals surface area contributed by atoms with Crippen LogP contribution in [-0.4, -0.2) is 33.0 Å². The molecular weight excluding hydrogens is 392 g/mol. The van der Waals surface area contributed by atoms with E-state index in [1.165, 1.54) is 0 Å². The molecule has 1 aliphatic carbocycles. The molecule has 0 atom stereocenters. The maximum atomic E-state index is 11.5. The second-order valence-electron chi connectivity index (χ2n) is 7.41. The van der Waals surface area contributed by atoms with Crippen LogP contribution in [0.4, 0.5) is 5.95 Å². The molecule has 0 saturated heterocycles. The number of carbonyl (C=O) groups excluding carboxylic acids is 1. The highest BCUT2D eigenvalue weighted by Gasteiger charge is 2.24. The lowest BCUT2D eigenvalue weighted by atomic mass is 9.93. The molecule has 1 aromatic carbocycles. The van der Waals surface area contributed by atoms with E-state index in [0.29, 0.717) is 23.0 Å². The van der Waals surface area contributed by atoms with Crippen LogP contribution in [0.1, 0.15) is 41.6 Å². The van der Waals surface area contributed by atoms with Crippen LogP contribution >= 0.6 is 0 Å². The van der Waals surface area contributed by atoms with E-state index < -0.39 is 5.91 Å². The molecule has 0 bridgehead atoms. The summed E-state index contributed by atoms with van der Waals surface area (Å²) in [4.78, 5) is 24.6. The van der Waals surface area contributed by atoms with Crippen LogP contribution in [0.2, 0.25) is 0 Å². The minimum atomic E-state index is -0.546. The summed E-state index contributed by atoms with van der Waals surface area (Å²) in [5, 5.41) is 12.5. The Morgan fingerprint density at radius 2 is 1.94 bits per heavy atom. The third-order valence-electron chi connectivity index (χ3n) is 5.27.